The van der Waals surface area contributed by atoms with Gasteiger partial charge in [0.1, 0.15) is 23.8 Å². The van der Waals surface area contributed by atoms with Crippen LogP contribution < -0.4 is 4.74 Å². The highest BCUT2D eigenvalue weighted by atomic mass is 35.5. The first-order valence-electron chi connectivity index (χ1n) is 9.55. The van der Waals surface area contributed by atoms with Gasteiger partial charge in [-0.1, -0.05) is 62.7 Å². The molecule has 0 heterocycles. The van der Waals surface area contributed by atoms with Crippen LogP contribution in [0, 0.1) is 10.1 Å². The summed E-state index contributed by atoms with van der Waals surface area (Å²) < 4.78 is 5.91. The van der Waals surface area contributed by atoms with Crippen LogP contribution in [0.1, 0.15) is 31.9 Å². The molecule has 0 radical (unpaired) electrons. The normalized spacial score (nSPS) is 11.6. The third-order valence-corrected chi connectivity index (χ3v) is 4.75. The molecule has 3 aromatic carbocycles. The maximum absolute atomic E-state index is 11.3. The first-order chi connectivity index (χ1) is 14.6. The fourth-order valence-corrected chi connectivity index (χ4v) is 3.07. The van der Waals surface area contributed by atoms with Crippen molar-refractivity contribution in [1.82, 2.24) is 0 Å². The maximum Gasteiger partial charge on any atom is 0.298 e. The number of aromatic hydroxyl groups is 1. The van der Waals surface area contributed by atoms with E-state index in [2.05, 4.69) is 10.2 Å². The molecule has 0 aliphatic carbocycles. The van der Waals surface area contributed by atoms with Gasteiger partial charge in [-0.2, -0.15) is 0 Å². The van der Waals surface area contributed by atoms with Crippen LogP contribution in [0.25, 0.3) is 0 Å². The minimum atomic E-state index is -0.583. The molecule has 3 aromatic rings. The molecule has 31 heavy (non-hydrogen) atoms. The van der Waals surface area contributed by atoms with E-state index in [0.717, 1.165) is 5.56 Å². The van der Waals surface area contributed by atoms with Crippen LogP contribution in [-0.2, 0) is 12.0 Å². The number of nitro groups is 1. The quantitative estimate of drug-likeness (QED) is 0.248. The van der Waals surface area contributed by atoms with Crippen LogP contribution >= 0.6 is 11.6 Å². The molecule has 0 saturated carbocycles. The van der Waals surface area contributed by atoms with Gasteiger partial charge < -0.3 is 9.84 Å². The Morgan fingerprint density at radius 3 is 2.35 bits per heavy atom. The van der Waals surface area contributed by atoms with Crippen molar-refractivity contribution in [3.8, 4) is 11.5 Å². The molecular formula is C23H22ClN3O4. The second kappa shape index (κ2) is 9.14. The standard InChI is InChI=1S/C23H22ClN3O4/c1-23(2,3)18-12-17(31-14-15-7-5-4-6-8-15)13-20(22(18)28)26-25-19-10-9-16(24)11-21(19)27(29)30/h4-13,28H,14H2,1-3H3/b26-25+. The molecule has 160 valence electrons. The smallest absolute Gasteiger partial charge is 0.298 e. The van der Waals surface area contributed by atoms with Crippen LogP contribution in [0.4, 0.5) is 17.1 Å². The molecule has 1 N–H and O–H groups in total. The van der Waals surface area contributed by atoms with Gasteiger partial charge in [-0.25, -0.2) is 0 Å². The summed E-state index contributed by atoms with van der Waals surface area (Å²) in [6.07, 6.45) is 0. The fraction of sp³-hybridized carbons (Fsp3) is 0.217. The second-order valence-corrected chi connectivity index (χ2v) is 8.39. The van der Waals surface area contributed by atoms with Gasteiger partial charge in [0.2, 0.25) is 0 Å². The van der Waals surface area contributed by atoms with Gasteiger partial charge in [0.25, 0.3) is 5.69 Å². The van der Waals surface area contributed by atoms with Gasteiger partial charge in [0.15, 0.2) is 5.69 Å². The van der Waals surface area contributed by atoms with E-state index in [1.54, 1.807) is 12.1 Å². The topological polar surface area (TPSA) is 97.3 Å². The number of phenolic OH excluding ortho intramolecular Hbond substituents is 1. The first kappa shape index (κ1) is 22.2. The highest BCUT2D eigenvalue weighted by Gasteiger charge is 2.22. The number of ether oxygens (including phenoxy) is 1. The molecule has 0 bridgehead atoms. The predicted octanol–water partition coefficient (Wildman–Crippen LogP) is 7.25. The summed E-state index contributed by atoms with van der Waals surface area (Å²) in [7, 11) is 0. The molecule has 0 fully saturated rings. The zero-order chi connectivity index (χ0) is 22.6. The second-order valence-electron chi connectivity index (χ2n) is 7.95. The fourth-order valence-electron chi connectivity index (χ4n) is 2.90. The zero-order valence-corrected chi connectivity index (χ0v) is 18.1. The largest absolute Gasteiger partial charge is 0.505 e. The summed E-state index contributed by atoms with van der Waals surface area (Å²) in [6.45, 7) is 6.20. The van der Waals surface area contributed by atoms with Gasteiger partial charge in [0.05, 0.1) is 4.92 Å². The predicted molar refractivity (Wildman–Crippen MR) is 120 cm³/mol. The molecule has 0 spiro atoms. The number of hydrogen-bond donors (Lipinski definition) is 1. The molecule has 7 nitrogen and oxygen atoms in total. The average Bonchev–Trinajstić information content (AvgIpc) is 2.72. The highest BCUT2D eigenvalue weighted by molar-refractivity contribution is 6.30. The Morgan fingerprint density at radius 1 is 1.03 bits per heavy atom. The van der Waals surface area contributed by atoms with E-state index < -0.39 is 10.3 Å². The highest BCUT2D eigenvalue weighted by Crippen LogP contribution is 2.42. The summed E-state index contributed by atoms with van der Waals surface area (Å²) in [4.78, 5) is 10.7. The lowest BCUT2D eigenvalue weighted by Gasteiger charge is -2.22. The minimum Gasteiger partial charge on any atom is -0.505 e. The van der Waals surface area contributed by atoms with Crippen LogP contribution in [0.5, 0.6) is 11.5 Å². The van der Waals surface area contributed by atoms with Crippen molar-refractivity contribution in [2.24, 2.45) is 10.2 Å². The Morgan fingerprint density at radius 2 is 1.71 bits per heavy atom. The number of benzene rings is 3. The molecule has 0 amide bonds. The SMILES string of the molecule is CC(C)(C)c1cc(OCc2ccccc2)cc(/N=N/c2ccc(Cl)cc2[N+](=O)[O-])c1O. The molecule has 0 saturated heterocycles. The van der Waals surface area contributed by atoms with Gasteiger partial charge in [0, 0.05) is 22.7 Å². The minimum absolute atomic E-state index is 0.0294. The lowest BCUT2D eigenvalue weighted by atomic mass is 9.86. The third-order valence-electron chi connectivity index (χ3n) is 4.52. The van der Waals surface area contributed by atoms with E-state index >= 15 is 0 Å². The van der Waals surface area contributed by atoms with E-state index in [9.17, 15) is 15.2 Å². The van der Waals surface area contributed by atoms with E-state index in [0.29, 0.717) is 17.9 Å². The number of nitrogens with zero attached hydrogens (tertiary/aromatic N) is 3. The summed E-state index contributed by atoms with van der Waals surface area (Å²) in [5.41, 5.74) is 1.13. The van der Waals surface area contributed by atoms with E-state index in [1.165, 1.54) is 18.2 Å². The Bertz CT molecular complexity index is 1130. The van der Waals surface area contributed by atoms with Gasteiger partial charge >= 0.3 is 0 Å². The van der Waals surface area contributed by atoms with E-state index in [1.807, 2.05) is 51.1 Å². The lowest BCUT2D eigenvalue weighted by Crippen LogP contribution is -2.11. The van der Waals surface area contributed by atoms with Crippen molar-refractivity contribution in [3.05, 3.63) is 86.9 Å². The molecule has 0 unspecified atom stereocenters. The van der Waals surface area contributed by atoms with Crippen molar-refractivity contribution in [1.29, 1.82) is 0 Å². The van der Waals surface area contributed by atoms with E-state index in [-0.39, 0.29) is 27.8 Å². The third kappa shape index (κ3) is 5.58. The number of azo groups is 1. The Hall–Kier alpha value is -3.45. The number of phenols is 1. The van der Waals surface area contributed by atoms with Gasteiger partial charge in [-0.3, -0.25) is 10.1 Å². The summed E-state index contributed by atoms with van der Waals surface area (Å²) in [6, 6.07) is 17.1. The van der Waals surface area contributed by atoms with Crippen LogP contribution in [0.15, 0.2) is 70.9 Å². The zero-order valence-electron chi connectivity index (χ0n) is 17.4. The van der Waals surface area contributed by atoms with Gasteiger partial charge in [-0.05, 0) is 29.2 Å². The molecule has 0 aromatic heterocycles. The number of hydrogen-bond acceptors (Lipinski definition) is 6. The van der Waals surface area contributed by atoms with Crippen molar-refractivity contribution >= 4 is 28.7 Å². The summed E-state index contributed by atoms with van der Waals surface area (Å²) in [5.74, 6) is 0.450. The molecule has 0 atom stereocenters. The Balaban J connectivity index is 1.99. The monoisotopic (exact) mass is 439 g/mol. The maximum atomic E-state index is 11.3. The van der Waals surface area contributed by atoms with E-state index in [4.69, 9.17) is 16.3 Å². The lowest BCUT2D eigenvalue weighted by molar-refractivity contribution is -0.384. The van der Waals surface area contributed by atoms with Crippen molar-refractivity contribution in [3.63, 3.8) is 0 Å². The van der Waals surface area contributed by atoms with Gasteiger partial charge in [-0.15, -0.1) is 10.2 Å². The van der Waals surface area contributed by atoms with Crippen molar-refractivity contribution in [2.75, 3.05) is 0 Å². The molecule has 0 aliphatic rings. The number of nitro benzene ring substituents is 1. The molecule has 3 rings (SSSR count). The van der Waals surface area contributed by atoms with Crippen molar-refractivity contribution in [2.45, 2.75) is 32.8 Å². The number of halogens is 1. The van der Waals surface area contributed by atoms with Crippen LogP contribution in [-0.4, -0.2) is 10.0 Å². The number of rotatable bonds is 6. The average molecular weight is 440 g/mol. The Labute approximate surface area is 185 Å². The summed E-state index contributed by atoms with van der Waals surface area (Å²) in [5, 5.41) is 30.4. The summed E-state index contributed by atoms with van der Waals surface area (Å²) >= 11 is 5.85. The molecule has 0 aliphatic heterocycles. The molecule has 8 heteroatoms. The van der Waals surface area contributed by atoms with Crippen molar-refractivity contribution < 1.29 is 14.8 Å². The molecular weight excluding hydrogens is 418 g/mol. The van der Waals surface area contributed by atoms with Crippen LogP contribution in [0.2, 0.25) is 5.02 Å². The first-order valence-corrected chi connectivity index (χ1v) is 9.93. The van der Waals surface area contributed by atoms with Crippen LogP contribution in [0.3, 0.4) is 0 Å². The Kier molecular flexibility index (Phi) is 6.56.